The summed E-state index contributed by atoms with van der Waals surface area (Å²) in [6.07, 6.45) is -3.66. The number of rotatable bonds is 1. The van der Waals surface area contributed by atoms with E-state index in [-0.39, 0.29) is 0 Å². The van der Waals surface area contributed by atoms with Crippen molar-refractivity contribution in [3.63, 3.8) is 0 Å². The molecule has 0 saturated carbocycles. The van der Waals surface area contributed by atoms with Crippen LogP contribution in [0.3, 0.4) is 0 Å². The molecule has 0 spiro atoms. The monoisotopic (exact) mass is 329 g/mol. The highest BCUT2D eigenvalue weighted by Crippen LogP contribution is 2.21. The van der Waals surface area contributed by atoms with E-state index < -0.39 is 12.2 Å². The van der Waals surface area contributed by atoms with Gasteiger partial charge in [0.05, 0.1) is 6.20 Å². The number of hydrogen-bond acceptors (Lipinski definition) is 3. The Bertz CT molecular complexity index is 496. The number of halogens is 4. The summed E-state index contributed by atoms with van der Waals surface area (Å²) in [6, 6.07) is 3.19. The van der Waals surface area contributed by atoms with E-state index in [9.17, 15) is 13.2 Å². The summed E-state index contributed by atoms with van der Waals surface area (Å²) in [4.78, 5) is 3.59. The van der Waals surface area contributed by atoms with Crippen LogP contribution in [0.15, 0.2) is 18.3 Å². The Morgan fingerprint density at radius 2 is 2.07 bits per heavy atom. The Hall–Kier alpha value is -1.06. The van der Waals surface area contributed by atoms with Gasteiger partial charge in [-0.1, -0.05) is 0 Å². The molecule has 0 bridgehead atoms. The Balaban J connectivity index is 2.39. The minimum atomic E-state index is -4.73. The van der Waals surface area contributed by atoms with Crippen molar-refractivity contribution in [2.75, 3.05) is 0 Å². The molecule has 0 fully saturated rings. The van der Waals surface area contributed by atoms with E-state index >= 15 is 0 Å². The Kier molecular flexibility index (Phi) is 2.44. The number of fused-ring (bicyclic) bond motifs is 1. The van der Waals surface area contributed by atoms with Crippen LogP contribution in [0.5, 0.6) is 5.88 Å². The Morgan fingerprint density at radius 1 is 1.33 bits per heavy atom. The average Bonchev–Trinajstić information content (AvgIpc) is 2.42. The number of imidazole rings is 1. The van der Waals surface area contributed by atoms with Crippen molar-refractivity contribution in [3.8, 4) is 5.88 Å². The maximum absolute atomic E-state index is 11.9. The van der Waals surface area contributed by atoms with Gasteiger partial charge >= 0.3 is 6.36 Å². The molecule has 8 heteroatoms. The lowest BCUT2D eigenvalue weighted by atomic mass is 10.6. The van der Waals surface area contributed by atoms with Gasteiger partial charge in [-0.3, -0.25) is 0 Å². The highest BCUT2D eigenvalue weighted by atomic mass is 127. The number of aromatic nitrogens is 3. The van der Waals surface area contributed by atoms with Crippen LogP contribution in [0.2, 0.25) is 0 Å². The van der Waals surface area contributed by atoms with Gasteiger partial charge in [-0.05, 0) is 34.7 Å². The molecule has 2 rings (SSSR count). The SMILES string of the molecule is FC(F)(F)Oc1cn2nc(I)ccc2n1. The summed E-state index contributed by atoms with van der Waals surface area (Å²) < 4.78 is 41.1. The lowest BCUT2D eigenvalue weighted by molar-refractivity contribution is -0.276. The van der Waals surface area contributed by atoms with E-state index in [1.165, 1.54) is 4.52 Å². The summed E-state index contributed by atoms with van der Waals surface area (Å²) in [5, 5.41) is 3.92. The molecular weight excluding hydrogens is 326 g/mol. The second-order valence-corrected chi connectivity index (χ2v) is 3.69. The van der Waals surface area contributed by atoms with Crippen LogP contribution in [-0.2, 0) is 0 Å². The lowest BCUT2D eigenvalue weighted by Crippen LogP contribution is -2.17. The molecule has 0 unspecified atom stereocenters. The molecule has 0 atom stereocenters. The molecular formula is C7H3F3IN3O. The second-order valence-electron chi connectivity index (χ2n) is 2.59. The van der Waals surface area contributed by atoms with Crippen molar-refractivity contribution >= 4 is 28.2 Å². The van der Waals surface area contributed by atoms with Crippen LogP contribution in [0, 0.1) is 3.70 Å². The predicted molar refractivity (Wildman–Crippen MR) is 52.4 cm³/mol. The third kappa shape index (κ3) is 2.49. The molecule has 2 heterocycles. The van der Waals surface area contributed by atoms with Crippen LogP contribution in [0.4, 0.5) is 13.2 Å². The van der Waals surface area contributed by atoms with Crippen LogP contribution in [0.25, 0.3) is 5.65 Å². The smallest absolute Gasteiger partial charge is 0.386 e. The summed E-state index contributed by atoms with van der Waals surface area (Å²) in [5.41, 5.74) is 0.301. The van der Waals surface area contributed by atoms with Gasteiger partial charge in [0.15, 0.2) is 5.65 Å². The van der Waals surface area contributed by atoms with Gasteiger partial charge in [0.2, 0.25) is 5.88 Å². The van der Waals surface area contributed by atoms with Crippen molar-refractivity contribution < 1.29 is 17.9 Å². The van der Waals surface area contributed by atoms with Gasteiger partial charge in [0.25, 0.3) is 0 Å². The summed E-state index contributed by atoms with van der Waals surface area (Å²) in [7, 11) is 0. The molecule has 80 valence electrons. The standard InChI is InChI=1S/C7H3F3IN3O/c8-7(9,10)15-6-3-14-5(12-6)2-1-4(11)13-14/h1-3H. The topological polar surface area (TPSA) is 39.4 Å². The van der Waals surface area contributed by atoms with Gasteiger partial charge in [-0.2, -0.15) is 10.1 Å². The number of alkyl halides is 3. The van der Waals surface area contributed by atoms with E-state index in [0.717, 1.165) is 6.20 Å². The van der Waals surface area contributed by atoms with Gasteiger partial charge in [0.1, 0.15) is 3.70 Å². The van der Waals surface area contributed by atoms with Crippen LogP contribution in [0.1, 0.15) is 0 Å². The Labute approximate surface area is 95.2 Å². The van der Waals surface area contributed by atoms with Gasteiger partial charge in [0, 0.05) is 0 Å². The second kappa shape index (κ2) is 3.51. The summed E-state index contributed by atoms with van der Waals surface area (Å²) >= 11 is 1.94. The largest absolute Gasteiger partial charge is 0.574 e. The molecule has 0 radical (unpaired) electrons. The first kappa shape index (κ1) is 10.5. The van der Waals surface area contributed by atoms with E-state index in [4.69, 9.17) is 0 Å². The number of ether oxygens (including phenoxy) is 1. The summed E-state index contributed by atoms with van der Waals surface area (Å²) in [6.45, 7) is 0. The predicted octanol–water partition coefficient (Wildman–Crippen LogP) is 2.23. The summed E-state index contributed by atoms with van der Waals surface area (Å²) in [5.74, 6) is -0.517. The average molecular weight is 329 g/mol. The minimum Gasteiger partial charge on any atom is -0.386 e. The van der Waals surface area contributed by atoms with Crippen molar-refractivity contribution in [1.82, 2.24) is 14.6 Å². The fourth-order valence-electron chi connectivity index (χ4n) is 1.00. The minimum absolute atomic E-state index is 0.301. The van der Waals surface area contributed by atoms with Crippen LogP contribution in [-0.4, -0.2) is 21.0 Å². The van der Waals surface area contributed by atoms with Crippen LogP contribution >= 0.6 is 22.6 Å². The molecule has 0 aromatic carbocycles. The molecule has 2 aromatic rings. The van der Waals surface area contributed by atoms with E-state index in [2.05, 4.69) is 14.8 Å². The highest BCUT2D eigenvalue weighted by molar-refractivity contribution is 14.1. The first-order valence-electron chi connectivity index (χ1n) is 3.72. The third-order valence-corrected chi connectivity index (χ3v) is 2.06. The Morgan fingerprint density at radius 3 is 2.73 bits per heavy atom. The fraction of sp³-hybridized carbons (Fsp3) is 0.143. The molecule has 0 amide bonds. The quantitative estimate of drug-likeness (QED) is 0.754. The third-order valence-electron chi connectivity index (χ3n) is 1.49. The van der Waals surface area contributed by atoms with Gasteiger partial charge in [-0.25, -0.2) is 4.52 Å². The molecule has 2 aromatic heterocycles. The molecule has 0 saturated heterocycles. The van der Waals surface area contributed by atoms with Crippen molar-refractivity contribution in [2.45, 2.75) is 6.36 Å². The molecule has 0 N–H and O–H groups in total. The van der Waals surface area contributed by atoms with E-state index in [1.807, 2.05) is 22.6 Å². The first-order chi connectivity index (χ1) is 6.94. The van der Waals surface area contributed by atoms with Crippen LogP contribution < -0.4 is 4.74 Å². The lowest BCUT2D eigenvalue weighted by Gasteiger charge is -2.03. The van der Waals surface area contributed by atoms with Gasteiger partial charge < -0.3 is 4.74 Å². The molecule has 4 nitrogen and oxygen atoms in total. The molecule has 0 aliphatic rings. The zero-order valence-electron chi connectivity index (χ0n) is 6.99. The van der Waals surface area contributed by atoms with Crippen molar-refractivity contribution in [3.05, 3.63) is 22.0 Å². The molecule has 0 aliphatic heterocycles. The zero-order valence-corrected chi connectivity index (χ0v) is 9.15. The molecule has 0 aliphatic carbocycles. The van der Waals surface area contributed by atoms with E-state index in [0.29, 0.717) is 9.35 Å². The number of nitrogens with zero attached hydrogens (tertiary/aromatic N) is 3. The fourth-order valence-corrected chi connectivity index (χ4v) is 1.42. The highest BCUT2D eigenvalue weighted by Gasteiger charge is 2.32. The normalized spacial score (nSPS) is 12.0. The van der Waals surface area contributed by atoms with Crippen molar-refractivity contribution in [1.29, 1.82) is 0 Å². The number of hydrogen-bond donors (Lipinski definition) is 0. The maximum Gasteiger partial charge on any atom is 0.574 e. The van der Waals surface area contributed by atoms with Gasteiger partial charge in [-0.15, -0.1) is 13.2 Å². The van der Waals surface area contributed by atoms with E-state index in [1.54, 1.807) is 12.1 Å². The zero-order chi connectivity index (χ0) is 11.1. The molecule has 15 heavy (non-hydrogen) atoms. The van der Waals surface area contributed by atoms with Crippen molar-refractivity contribution in [2.24, 2.45) is 0 Å². The maximum atomic E-state index is 11.9. The first-order valence-corrected chi connectivity index (χ1v) is 4.79.